The number of aromatic nitrogens is 1. The molecule has 0 atom stereocenters. The van der Waals surface area contributed by atoms with Crippen molar-refractivity contribution in [2.45, 2.75) is 33.6 Å². The zero-order chi connectivity index (χ0) is 20.1. The van der Waals surface area contributed by atoms with Gasteiger partial charge in [0.25, 0.3) is 5.91 Å². The Morgan fingerprint density at radius 3 is 2.46 bits per heavy atom. The highest BCUT2D eigenvalue weighted by Crippen LogP contribution is 2.26. The highest BCUT2D eigenvalue weighted by Gasteiger charge is 2.14. The van der Waals surface area contributed by atoms with E-state index in [9.17, 15) is 9.59 Å². The van der Waals surface area contributed by atoms with Crippen LogP contribution in [0.15, 0.2) is 48.5 Å². The lowest BCUT2D eigenvalue weighted by Gasteiger charge is -2.12. The number of fused-ring (bicyclic) bond motifs is 1. The van der Waals surface area contributed by atoms with Crippen molar-refractivity contribution in [3.05, 3.63) is 59.7 Å². The van der Waals surface area contributed by atoms with Gasteiger partial charge in [0.15, 0.2) is 0 Å². The molecule has 2 amide bonds. The molecule has 0 bridgehead atoms. The van der Waals surface area contributed by atoms with Crippen LogP contribution in [-0.2, 0) is 4.79 Å². The summed E-state index contributed by atoms with van der Waals surface area (Å²) >= 11 is 0. The Kier molecular flexibility index (Phi) is 6.04. The molecule has 5 nitrogen and oxygen atoms in total. The molecular formula is C23H25N3O2. The highest BCUT2D eigenvalue weighted by molar-refractivity contribution is 6.07. The first-order chi connectivity index (χ1) is 13.5. The minimum Gasteiger partial charge on any atom is -0.352 e. The lowest BCUT2D eigenvalue weighted by molar-refractivity contribution is -0.114. The molecule has 0 radical (unpaired) electrons. The van der Waals surface area contributed by atoms with Crippen LogP contribution in [0.2, 0.25) is 0 Å². The average Bonchev–Trinajstić information content (AvgIpc) is 2.67. The minimum absolute atomic E-state index is 0.0810. The van der Waals surface area contributed by atoms with Crippen molar-refractivity contribution in [2.75, 3.05) is 11.9 Å². The van der Waals surface area contributed by atoms with Crippen molar-refractivity contribution in [1.29, 1.82) is 0 Å². The number of rotatable bonds is 6. The smallest absolute Gasteiger partial charge is 0.252 e. The Morgan fingerprint density at radius 2 is 1.79 bits per heavy atom. The zero-order valence-corrected chi connectivity index (χ0v) is 16.5. The second-order valence-corrected chi connectivity index (χ2v) is 6.94. The molecule has 0 aliphatic carbocycles. The molecule has 0 spiro atoms. The largest absolute Gasteiger partial charge is 0.352 e. The maximum atomic E-state index is 12.8. The molecule has 3 aromatic rings. The summed E-state index contributed by atoms with van der Waals surface area (Å²) in [6.45, 7) is 6.24. The van der Waals surface area contributed by atoms with E-state index in [2.05, 4.69) is 17.6 Å². The maximum absolute atomic E-state index is 12.8. The molecule has 144 valence electrons. The van der Waals surface area contributed by atoms with Gasteiger partial charge in [-0.1, -0.05) is 37.1 Å². The third-order valence-corrected chi connectivity index (χ3v) is 4.53. The number of nitrogens with one attached hydrogen (secondary N) is 2. The van der Waals surface area contributed by atoms with Gasteiger partial charge < -0.3 is 10.6 Å². The maximum Gasteiger partial charge on any atom is 0.252 e. The van der Waals surface area contributed by atoms with Crippen LogP contribution in [0.3, 0.4) is 0 Å². The fourth-order valence-electron chi connectivity index (χ4n) is 3.08. The van der Waals surface area contributed by atoms with E-state index < -0.39 is 0 Å². The third kappa shape index (κ3) is 4.55. The van der Waals surface area contributed by atoms with E-state index in [0.717, 1.165) is 46.3 Å². The number of carbonyl (C=O) groups is 2. The molecule has 2 N–H and O–H groups in total. The Bertz CT molecular complexity index is 1010. The summed E-state index contributed by atoms with van der Waals surface area (Å²) < 4.78 is 0. The molecule has 1 heterocycles. The number of hydrogen-bond donors (Lipinski definition) is 2. The molecule has 0 fully saturated rings. The second-order valence-electron chi connectivity index (χ2n) is 6.94. The van der Waals surface area contributed by atoms with Crippen LogP contribution in [0.4, 0.5) is 5.69 Å². The Balaban J connectivity index is 2.02. The van der Waals surface area contributed by atoms with Crippen LogP contribution in [0.1, 0.15) is 42.6 Å². The number of anilines is 1. The van der Waals surface area contributed by atoms with Gasteiger partial charge in [-0.05, 0) is 43.7 Å². The van der Waals surface area contributed by atoms with Gasteiger partial charge in [0.1, 0.15) is 0 Å². The molecular weight excluding hydrogens is 350 g/mol. The molecule has 0 unspecified atom stereocenters. The average molecular weight is 375 g/mol. The van der Waals surface area contributed by atoms with Gasteiger partial charge >= 0.3 is 0 Å². The number of unbranched alkanes of at least 4 members (excludes halogenated alkanes) is 1. The Hall–Kier alpha value is -3.21. The number of carbonyl (C=O) groups excluding carboxylic acids is 2. The van der Waals surface area contributed by atoms with Crippen molar-refractivity contribution in [3.8, 4) is 11.3 Å². The molecule has 5 heteroatoms. The summed E-state index contributed by atoms with van der Waals surface area (Å²) in [6.07, 6.45) is 1.98. The van der Waals surface area contributed by atoms with Crippen LogP contribution >= 0.6 is 0 Å². The molecule has 2 aromatic carbocycles. The van der Waals surface area contributed by atoms with Crippen molar-refractivity contribution in [1.82, 2.24) is 10.3 Å². The first-order valence-corrected chi connectivity index (χ1v) is 9.55. The van der Waals surface area contributed by atoms with E-state index in [-0.39, 0.29) is 11.8 Å². The topological polar surface area (TPSA) is 71.1 Å². The van der Waals surface area contributed by atoms with Gasteiger partial charge in [-0.25, -0.2) is 4.98 Å². The van der Waals surface area contributed by atoms with Gasteiger partial charge in [0.2, 0.25) is 5.91 Å². The van der Waals surface area contributed by atoms with Crippen LogP contribution in [0, 0.1) is 6.92 Å². The van der Waals surface area contributed by atoms with Crippen molar-refractivity contribution < 1.29 is 9.59 Å². The van der Waals surface area contributed by atoms with Crippen molar-refractivity contribution in [2.24, 2.45) is 0 Å². The van der Waals surface area contributed by atoms with Gasteiger partial charge in [-0.3, -0.25) is 9.59 Å². The molecule has 0 aliphatic rings. The van der Waals surface area contributed by atoms with Crippen LogP contribution in [0.5, 0.6) is 0 Å². The summed E-state index contributed by atoms with van der Waals surface area (Å²) in [7, 11) is 0. The van der Waals surface area contributed by atoms with E-state index in [1.165, 1.54) is 6.92 Å². The predicted octanol–water partition coefficient (Wildman–Crippen LogP) is 4.70. The molecule has 0 aliphatic heterocycles. The summed E-state index contributed by atoms with van der Waals surface area (Å²) in [5.74, 6) is -0.194. The summed E-state index contributed by atoms with van der Waals surface area (Å²) in [4.78, 5) is 28.8. The van der Waals surface area contributed by atoms with E-state index in [0.29, 0.717) is 12.1 Å². The number of pyridine rings is 1. The fourth-order valence-corrected chi connectivity index (χ4v) is 3.08. The first-order valence-electron chi connectivity index (χ1n) is 9.55. The molecule has 1 aromatic heterocycles. The molecule has 0 saturated carbocycles. The summed E-state index contributed by atoms with van der Waals surface area (Å²) in [6, 6.07) is 15.2. The predicted molar refractivity (Wildman–Crippen MR) is 113 cm³/mol. The first kappa shape index (κ1) is 19.5. The second kappa shape index (κ2) is 8.65. The van der Waals surface area contributed by atoms with E-state index in [1.807, 2.05) is 55.5 Å². The number of hydrogen-bond acceptors (Lipinski definition) is 3. The minimum atomic E-state index is -0.113. The van der Waals surface area contributed by atoms with Gasteiger partial charge in [0, 0.05) is 30.1 Å². The van der Waals surface area contributed by atoms with Crippen molar-refractivity contribution >= 4 is 28.4 Å². The summed E-state index contributed by atoms with van der Waals surface area (Å²) in [5, 5.41) is 6.62. The third-order valence-electron chi connectivity index (χ3n) is 4.53. The normalized spacial score (nSPS) is 10.7. The quantitative estimate of drug-likeness (QED) is 0.614. The SMILES string of the molecule is CCCCNC(=O)c1cc(-c2ccc(NC(C)=O)cc2)nc2ccc(C)cc12. The van der Waals surface area contributed by atoms with Crippen LogP contribution in [0.25, 0.3) is 22.2 Å². The van der Waals surface area contributed by atoms with E-state index >= 15 is 0 Å². The monoisotopic (exact) mass is 375 g/mol. The Labute approximate surface area is 165 Å². The van der Waals surface area contributed by atoms with Gasteiger partial charge in [-0.15, -0.1) is 0 Å². The molecule has 28 heavy (non-hydrogen) atoms. The van der Waals surface area contributed by atoms with Crippen LogP contribution < -0.4 is 10.6 Å². The number of benzene rings is 2. The lowest BCUT2D eigenvalue weighted by atomic mass is 10.0. The highest BCUT2D eigenvalue weighted by atomic mass is 16.2. The number of nitrogens with zero attached hydrogens (tertiary/aromatic N) is 1. The molecule has 3 rings (SSSR count). The van der Waals surface area contributed by atoms with E-state index in [1.54, 1.807) is 0 Å². The van der Waals surface area contributed by atoms with E-state index in [4.69, 9.17) is 4.98 Å². The number of aryl methyl sites for hydroxylation is 1. The van der Waals surface area contributed by atoms with Crippen molar-refractivity contribution in [3.63, 3.8) is 0 Å². The number of amides is 2. The zero-order valence-electron chi connectivity index (χ0n) is 16.5. The van der Waals surface area contributed by atoms with Gasteiger partial charge in [-0.2, -0.15) is 0 Å². The standard InChI is InChI=1S/C23H25N3O2/c1-4-5-12-24-23(28)20-14-22(26-21-11-6-15(2)13-19(20)21)17-7-9-18(10-8-17)25-16(3)27/h6-11,13-14H,4-5,12H2,1-3H3,(H,24,28)(H,25,27). The molecule has 0 saturated heterocycles. The lowest BCUT2D eigenvalue weighted by Crippen LogP contribution is -2.24. The summed E-state index contributed by atoms with van der Waals surface area (Å²) in [5.41, 5.74) is 4.85. The van der Waals surface area contributed by atoms with Crippen LogP contribution in [-0.4, -0.2) is 23.3 Å². The van der Waals surface area contributed by atoms with Gasteiger partial charge in [0.05, 0.1) is 16.8 Å². The fraction of sp³-hybridized carbons (Fsp3) is 0.261. The Morgan fingerprint density at radius 1 is 1.04 bits per heavy atom.